The van der Waals surface area contributed by atoms with E-state index in [1.165, 1.54) is 56.9 Å². The summed E-state index contributed by atoms with van der Waals surface area (Å²) in [7, 11) is 0. The van der Waals surface area contributed by atoms with Gasteiger partial charge in [0.05, 0.1) is 11.7 Å². The Bertz CT molecular complexity index is 724. The molecule has 0 amide bonds. The van der Waals surface area contributed by atoms with E-state index in [9.17, 15) is 5.11 Å². The van der Waals surface area contributed by atoms with E-state index >= 15 is 0 Å². The van der Waals surface area contributed by atoms with Crippen molar-refractivity contribution in [2.45, 2.75) is 70.6 Å². The summed E-state index contributed by atoms with van der Waals surface area (Å²) in [6.45, 7) is 6.12. The fraction of sp³-hybridized carbons (Fsp3) is 0.520. The van der Waals surface area contributed by atoms with E-state index in [1.807, 2.05) is 31.2 Å². The average molecular weight is 365 g/mol. The number of hydrogen-bond acceptors (Lipinski definition) is 2. The highest BCUT2D eigenvalue weighted by atomic mass is 16.5. The number of rotatable bonds is 6. The van der Waals surface area contributed by atoms with Crippen molar-refractivity contribution in [3.63, 3.8) is 0 Å². The molecular formula is C25H32O2. The monoisotopic (exact) mass is 364 g/mol. The summed E-state index contributed by atoms with van der Waals surface area (Å²) in [5.74, 6) is 7.14. The minimum atomic E-state index is -0.0197. The predicted molar refractivity (Wildman–Crippen MR) is 112 cm³/mol. The molecule has 1 saturated carbocycles. The summed E-state index contributed by atoms with van der Waals surface area (Å²) in [6, 6.07) is 8.12. The minimum Gasteiger partial charge on any atom is -0.513 e. The summed E-state index contributed by atoms with van der Waals surface area (Å²) in [6.07, 6.45) is 13.7. The number of allylic oxidation sites excluding steroid dienone is 2. The van der Waals surface area contributed by atoms with Crippen molar-refractivity contribution in [3.05, 3.63) is 53.8 Å². The van der Waals surface area contributed by atoms with Crippen LogP contribution >= 0.6 is 0 Å². The Labute approximate surface area is 164 Å². The summed E-state index contributed by atoms with van der Waals surface area (Å²) < 4.78 is 6.08. The van der Waals surface area contributed by atoms with E-state index in [4.69, 9.17) is 4.74 Å². The first-order valence-electron chi connectivity index (χ1n) is 10.3. The number of benzene rings is 1. The van der Waals surface area contributed by atoms with Crippen molar-refractivity contribution in [3.8, 4) is 17.6 Å². The van der Waals surface area contributed by atoms with Gasteiger partial charge < -0.3 is 9.84 Å². The van der Waals surface area contributed by atoms with Gasteiger partial charge in [-0.2, -0.15) is 0 Å². The van der Waals surface area contributed by atoms with E-state index in [-0.39, 0.29) is 11.7 Å². The van der Waals surface area contributed by atoms with Crippen LogP contribution in [-0.4, -0.2) is 11.7 Å². The second kappa shape index (κ2) is 9.18. The highest BCUT2D eigenvalue weighted by Gasteiger charge is 2.34. The lowest BCUT2D eigenvalue weighted by Crippen LogP contribution is -2.28. The predicted octanol–water partition coefficient (Wildman–Crippen LogP) is 6.69. The summed E-state index contributed by atoms with van der Waals surface area (Å²) in [5.41, 5.74) is 3.12. The summed E-state index contributed by atoms with van der Waals surface area (Å²) >= 11 is 0. The molecule has 1 fully saturated rings. The van der Waals surface area contributed by atoms with E-state index in [0.29, 0.717) is 18.4 Å². The Kier molecular flexibility index (Phi) is 6.67. The van der Waals surface area contributed by atoms with E-state index in [2.05, 4.69) is 24.5 Å². The number of ether oxygens (including phenoxy) is 1. The molecule has 0 aliphatic heterocycles. The van der Waals surface area contributed by atoms with Crippen LogP contribution in [0.25, 0.3) is 0 Å². The third kappa shape index (κ3) is 5.42. The first-order valence-corrected chi connectivity index (χ1v) is 10.3. The van der Waals surface area contributed by atoms with Gasteiger partial charge in [-0.05, 0) is 67.7 Å². The first kappa shape index (κ1) is 19.6. The fourth-order valence-corrected chi connectivity index (χ4v) is 4.70. The van der Waals surface area contributed by atoms with Crippen molar-refractivity contribution < 1.29 is 9.84 Å². The largest absolute Gasteiger partial charge is 0.513 e. The molecule has 2 aliphatic rings. The topological polar surface area (TPSA) is 29.5 Å². The maximum absolute atomic E-state index is 9.51. The van der Waals surface area contributed by atoms with Crippen LogP contribution in [0, 0.1) is 17.3 Å². The lowest BCUT2D eigenvalue weighted by Gasteiger charge is -2.40. The second-order valence-electron chi connectivity index (χ2n) is 8.21. The molecule has 0 saturated heterocycles. The highest BCUT2D eigenvalue weighted by molar-refractivity contribution is 5.34. The Morgan fingerprint density at radius 1 is 1.19 bits per heavy atom. The zero-order valence-electron chi connectivity index (χ0n) is 16.6. The Morgan fingerprint density at radius 3 is 2.59 bits per heavy atom. The Balaban J connectivity index is 1.57. The third-order valence-electron chi connectivity index (χ3n) is 6.09. The van der Waals surface area contributed by atoms with Gasteiger partial charge in [-0.1, -0.05) is 50.0 Å². The Morgan fingerprint density at radius 2 is 1.93 bits per heavy atom. The van der Waals surface area contributed by atoms with Crippen LogP contribution in [0.1, 0.15) is 76.2 Å². The zero-order valence-corrected chi connectivity index (χ0v) is 16.6. The molecule has 144 valence electrons. The van der Waals surface area contributed by atoms with Gasteiger partial charge in [-0.3, -0.25) is 0 Å². The van der Waals surface area contributed by atoms with E-state index < -0.39 is 0 Å². The zero-order chi connectivity index (χ0) is 19.1. The van der Waals surface area contributed by atoms with Crippen LogP contribution in [0.2, 0.25) is 0 Å². The maximum Gasteiger partial charge on any atom is 0.119 e. The molecule has 1 spiro atoms. The molecule has 0 bridgehead atoms. The number of aliphatic hydroxyl groups excluding tert-OH is 1. The van der Waals surface area contributed by atoms with E-state index in [1.54, 1.807) is 0 Å². The Hall–Kier alpha value is -2.14. The molecular weight excluding hydrogens is 332 g/mol. The van der Waals surface area contributed by atoms with Crippen LogP contribution in [0.3, 0.4) is 0 Å². The molecule has 1 atom stereocenters. The fourth-order valence-electron chi connectivity index (χ4n) is 4.70. The number of hydrogen-bond donors (Lipinski definition) is 1. The minimum absolute atomic E-state index is 0.0197. The molecule has 2 aliphatic carbocycles. The standard InChI is InChI=1S/C25H32O2/c1-3-8-23(17-20(2)26)22-10-12-24(13-11-22)27-19-21-9-7-16-25(18-21)14-5-4-6-15-25/h9-13,23,26H,2,4-7,14-19H2,1H3/t23-/m0/s1. The summed E-state index contributed by atoms with van der Waals surface area (Å²) in [4.78, 5) is 0. The molecule has 1 aromatic carbocycles. The van der Waals surface area contributed by atoms with Crippen molar-refractivity contribution >= 4 is 0 Å². The lowest BCUT2D eigenvalue weighted by atomic mass is 9.65. The molecule has 0 aromatic heterocycles. The van der Waals surface area contributed by atoms with Gasteiger partial charge in [-0.15, -0.1) is 5.92 Å². The SMILES string of the molecule is C=C(O)C[C@H](C#CC)c1ccc(OCC2=CCCC3(CCCCC3)C2)cc1. The average Bonchev–Trinajstić information content (AvgIpc) is 2.67. The van der Waals surface area contributed by atoms with Crippen LogP contribution in [0.4, 0.5) is 0 Å². The van der Waals surface area contributed by atoms with Crippen molar-refractivity contribution in [2.24, 2.45) is 5.41 Å². The maximum atomic E-state index is 9.51. The van der Waals surface area contributed by atoms with Gasteiger partial charge >= 0.3 is 0 Å². The highest BCUT2D eigenvalue weighted by Crippen LogP contribution is 2.47. The number of aliphatic hydroxyl groups is 1. The quantitative estimate of drug-likeness (QED) is 0.346. The van der Waals surface area contributed by atoms with Gasteiger partial charge in [0.2, 0.25) is 0 Å². The van der Waals surface area contributed by atoms with E-state index in [0.717, 1.165) is 11.3 Å². The van der Waals surface area contributed by atoms with Gasteiger partial charge in [0.1, 0.15) is 12.4 Å². The first-order chi connectivity index (χ1) is 13.1. The molecule has 3 rings (SSSR count). The lowest BCUT2D eigenvalue weighted by molar-refractivity contribution is 0.158. The van der Waals surface area contributed by atoms with Gasteiger partial charge in [-0.25, -0.2) is 0 Å². The molecule has 0 radical (unpaired) electrons. The molecule has 2 heteroatoms. The smallest absolute Gasteiger partial charge is 0.119 e. The third-order valence-corrected chi connectivity index (χ3v) is 6.09. The summed E-state index contributed by atoms with van der Waals surface area (Å²) in [5, 5.41) is 9.51. The van der Waals surface area contributed by atoms with Crippen LogP contribution in [0.15, 0.2) is 48.3 Å². The molecule has 27 heavy (non-hydrogen) atoms. The van der Waals surface area contributed by atoms with Crippen molar-refractivity contribution in [1.82, 2.24) is 0 Å². The molecule has 1 aromatic rings. The van der Waals surface area contributed by atoms with Gasteiger partial charge in [0.25, 0.3) is 0 Å². The normalized spacial score (nSPS) is 19.5. The molecule has 0 heterocycles. The molecule has 1 N–H and O–H groups in total. The van der Waals surface area contributed by atoms with Gasteiger partial charge in [0.15, 0.2) is 0 Å². The van der Waals surface area contributed by atoms with Crippen LogP contribution in [0.5, 0.6) is 5.75 Å². The van der Waals surface area contributed by atoms with Crippen molar-refractivity contribution in [2.75, 3.05) is 6.61 Å². The van der Waals surface area contributed by atoms with Crippen LogP contribution in [-0.2, 0) is 0 Å². The van der Waals surface area contributed by atoms with Crippen molar-refractivity contribution in [1.29, 1.82) is 0 Å². The van der Waals surface area contributed by atoms with Gasteiger partial charge in [0, 0.05) is 6.42 Å². The second-order valence-corrected chi connectivity index (χ2v) is 8.21. The van der Waals surface area contributed by atoms with Crippen LogP contribution < -0.4 is 4.74 Å². The molecule has 0 unspecified atom stereocenters. The molecule has 2 nitrogen and oxygen atoms in total.